The molecular formula is C9H8N2O4. The molecule has 0 N–H and O–H groups in total. The lowest BCUT2D eigenvalue weighted by molar-refractivity contribution is -0.389. The molecule has 0 spiro atoms. The average molecular weight is 208 g/mol. The van der Waals surface area contributed by atoms with E-state index in [1.54, 1.807) is 0 Å². The van der Waals surface area contributed by atoms with Crippen LogP contribution in [0.2, 0.25) is 0 Å². The van der Waals surface area contributed by atoms with E-state index in [9.17, 15) is 14.9 Å². The topological polar surface area (TPSA) is 82.3 Å². The fourth-order valence-electron chi connectivity index (χ4n) is 1.10. The normalized spacial score (nSPS) is 14.7. The van der Waals surface area contributed by atoms with E-state index >= 15 is 0 Å². The molecule has 2 rings (SSSR count). The number of aromatic nitrogens is 1. The van der Waals surface area contributed by atoms with Gasteiger partial charge in [-0.15, -0.1) is 0 Å². The van der Waals surface area contributed by atoms with Gasteiger partial charge in [-0.3, -0.25) is 4.79 Å². The number of nitrogens with zero attached hydrogens (tertiary/aromatic N) is 2. The Bertz CT molecular complexity index is 415. The number of ether oxygens (including phenoxy) is 1. The second kappa shape index (κ2) is 3.64. The minimum atomic E-state index is -0.691. The molecule has 0 saturated heterocycles. The number of nitro groups is 1. The van der Waals surface area contributed by atoms with Gasteiger partial charge < -0.3 is 14.9 Å². The molecule has 1 aliphatic rings. The van der Waals surface area contributed by atoms with E-state index in [2.05, 4.69) is 4.98 Å². The van der Waals surface area contributed by atoms with Gasteiger partial charge in [0.25, 0.3) is 0 Å². The molecule has 0 amide bonds. The van der Waals surface area contributed by atoms with E-state index < -0.39 is 10.7 Å². The number of carbonyl (C=O) groups excluding carboxylic acids is 1. The standard InChI is InChI=1S/C9H8N2O4/c12-5-6-1-4-8(15-7-2-3-7)10-9(6)11(13)14/h1,4-5,7H,2-3H2. The van der Waals surface area contributed by atoms with Crippen LogP contribution in [-0.2, 0) is 0 Å². The van der Waals surface area contributed by atoms with Crippen molar-refractivity contribution in [1.29, 1.82) is 0 Å². The Hall–Kier alpha value is -1.98. The minimum absolute atomic E-state index is 0.0388. The summed E-state index contributed by atoms with van der Waals surface area (Å²) in [5.41, 5.74) is -0.0388. The molecule has 0 unspecified atom stereocenters. The molecule has 6 heteroatoms. The lowest BCUT2D eigenvalue weighted by Gasteiger charge is -2.00. The van der Waals surface area contributed by atoms with Crippen LogP contribution in [-0.4, -0.2) is 22.3 Å². The molecule has 0 aliphatic heterocycles. The van der Waals surface area contributed by atoms with Gasteiger partial charge in [-0.25, -0.2) is 0 Å². The average Bonchev–Trinajstić information content (AvgIpc) is 3.01. The van der Waals surface area contributed by atoms with E-state index in [-0.39, 0.29) is 17.5 Å². The lowest BCUT2D eigenvalue weighted by atomic mass is 10.3. The van der Waals surface area contributed by atoms with Gasteiger partial charge in [-0.05, 0) is 23.8 Å². The van der Waals surface area contributed by atoms with Crippen LogP contribution in [0.4, 0.5) is 5.82 Å². The fourth-order valence-corrected chi connectivity index (χ4v) is 1.10. The van der Waals surface area contributed by atoms with E-state index in [0.29, 0.717) is 6.29 Å². The van der Waals surface area contributed by atoms with Crippen molar-refractivity contribution in [3.63, 3.8) is 0 Å². The number of carbonyl (C=O) groups is 1. The van der Waals surface area contributed by atoms with Gasteiger partial charge in [0, 0.05) is 11.1 Å². The molecule has 0 aromatic carbocycles. The highest BCUT2D eigenvalue weighted by Crippen LogP contribution is 2.27. The monoisotopic (exact) mass is 208 g/mol. The Morgan fingerprint density at radius 3 is 2.80 bits per heavy atom. The zero-order valence-corrected chi connectivity index (χ0v) is 7.75. The van der Waals surface area contributed by atoms with Crippen LogP contribution in [0.3, 0.4) is 0 Å². The quantitative estimate of drug-likeness (QED) is 0.423. The first-order valence-corrected chi connectivity index (χ1v) is 4.48. The molecule has 1 heterocycles. The van der Waals surface area contributed by atoms with Gasteiger partial charge >= 0.3 is 11.7 Å². The SMILES string of the molecule is O=Cc1ccc(OC2CC2)nc1[N+](=O)[O-]. The fraction of sp³-hybridized carbons (Fsp3) is 0.333. The van der Waals surface area contributed by atoms with Crippen molar-refractivity contribution in [2.24, 2.45) is 0 Å². The van der Waals surface area contributed by atoms with Crippen LogP contribution in [0.5, 0.6) is 5.88 Å². The van der Waals surface area contributed by atoms with Crippen LogP contribution < -0.4 is 4.74 Å². The third-order valence-electron chi connectivity index (χ3n) is 1.99. The molecule has 1 aliphatic carbocycles. The molecule has 0 atom stereocenters. The third kappa shape index (κ3) is 2.09. The van der Waals surface area contributed by atoms with Crippen molar-refractivity contribution in [2.45, 2.75) is 18.9 Å². The molecule has 1 aromatic heterocycles. The first-order valence-electron chi connectivity index (χ1n) is 4.48. The summed E-state index contributed by atoms with van der Waals surface area (Å²) in [4.78, 5) is 24.0. The first-order chi connectivity index (χ1) is 7.20. The predicted octanol–water partition coefficient (Wildman–Crippen LogP) is 1.34. The summed E-state index contributed by atoms with van der Waals surface area (Å²) in [6, 6.07) is 2.81. The van der Waals surface area contributed by atoms with Gasteiger partial charge in [-0.1, -0.05) is 0 Å². The van der Waals surface area contributed by atoms with Gasteiger partial charge in [0.2, 0.25) is 0 Å². The molecule has 0 bridgehead atoms. The second-order valence-corrected chi connectivity index (χ2v) is 3.25. The minimum Gasteiger partial charge on any atom is -0.456 e. The Morgan fingerprint density at radius 1 is 1.53 bits per heavy atom. The van der Waals surface area contributed by atoms with Gasteiger partial charge in [0.1, 0.15) is 11.7 Å². The van der Waals surface area contributed by atoms with Crippen molar-refractivity contribution < 1.29 is 14.5 Å². The maximum absolute atomic E-state index is 10.6. The first kappa shape index (κ1) is 9.57. The van der Waals surface area contributed by atoms with Crippen LogP contribution in [0.1, 0.15) is 23.2 Å². The van der Waals surface area contributed by atoms with Crippen molar-refractivity contribution in [3.8, 4) is 5.88 Å². The summed E-state index contributed by atoms with van der Waals surface area (Å²) in [5.74, 6) is -0.252. The summed E-state index contributed by atoms with van der Waals surface area (Å²) in [6.07, 6.45) is 2.43. The Kier molecular flexibility index (Phi) is 2.32. The van der Waals surface area contributed by atoms with Crippen LogP contribution in [0, 0.1) is 10.1 Å². The second-order valence-electron chi connectivity index (χ2n) is 3.25. The Balaban J connectivity index is 2.30. The maximum Gasteiger partial charge on any atom is 0.378 e. The third-order valence-corrected chi connectivity index (χ3v) is 1.99. The smallest absolute Gasteiger partial charge is 0.378 e. The summed E-state index contributed by atoms with van der Waals surface area (Å²) in [5, 5.41) is 10.6. The van der Waals surface area contributed by atoms with E-state index in [4.69, 9.17) is 4.74 Å². The van der Waals surface area contributed by atoms with Gasteiger partial charge in [-0.2, -0.15) is 0 Å². The van der Waals surface area contributed by atoms with E-state index in [1.165, 1.54) is 12.1 Å². The van der Waals surface area contributed by atoms with E-state index in [1.807, 2.05) is 0 Å². The predicted molar refractivity (Wildman–Crippen MR) is 49.9 cm³/mol. The Morgan fingerprint density at radius 2 is 2.27 bits per heavy atom. The molecule has 15 heavy (non-hydrogen) atoms. The van der Waals surface area contributed by atoms with Crippen molar-refractivity contribution in [2.75, 3.05) is 0 Å². The summed E-state index contributed by atoms with van der Waals surface area (Å²) in [6.45, 7) is 0. The Labute approximate surface area is 85.0 Å². The van der Waals surface area contributed by atoms with Gasteiger partial charge in [0.05, 0.1) is 0 Å². The number of hydrogen-bond donors (Lipinski definition) is 0. The molecule has 78 valence electrons. The number of pyridine rings is 1. The maximum atomic E-state index is 10.6. The summed E-state index contributed by atoms with van der Waals surface area (Å²) in [7, 11) is 0. The highest BCUT2D eigenvalue weighted by Gasteiger charge is 2.27. The molecule has 1 fully saturated rings. The number of aldehydes is 1. The largest absolute Gasteiger partial charge is 0.456 e. The van der Waals surface area contributed by atoms with Crippen molar-refractivity contribution in [1.82, 2.24) is 4.98 Å². The number of hydrogen-bond acceptors (Lipinski definition) is 5. The molecular weight excluding hydrogens is 200 g/mol. The van der Waals surface area contributed by atoms with E-state index in [0.717, 1.165) is 12.8 Å². The van der Waals surface area contributed by atoms with Crippen molar-refractivity contribution in [3.05, 3.63) is 27.8 Å². The lowest BCUT2D eigenvalue weighted by Crippen LogP contribution is -2.02. The van der Waals surface area contributed by atoms with Crippen LogP contribution in [0.15, 0.2) is 12.1 Å². The zero-order valence-electron chi connectivity index (χ0n) is 7.75. The van der Waals surface area contributed by atoms with Crippen LogP contribution >= 0.6 is 0 Å². The summed E-state index contributed by atoms with van der Waals surface area (Å²) >= 11 is 0. The highest BCUT2D eigenvalue weighted by molar-refractivity contribution is 5.80. The molecule has 0 radical (unpaired) electrons. The van der Waals surface area contributed by atoms with Crippen LogP contribution in [0.25, 0.3) is 0 Å². The molecule has 1 saturated carbocycles. The van der Waals surface area contributed by atoms with Gasteiger partial charge in [0.15, 0.2) is 6.29 Å². The zero-order chi connectivity index (χ0) is 10.8. The molecule has 6 nitrogen and oxygen atoms in total. The number of rotatable bonds is 4. The highest BCUT2D eigenvalue weighted by atomic mass is 16.6. The molecule has 1 aromatic rings. The summed E-state index contributed by atoms with van der Waals surface area (Å²) < 4.78 is 5.28. The van der Waals surface area contributed by atoms with Crippen molar-refractivity contribution >= 4 is 12.1 Å².